The Labute approximate surface area is 126 Å². The third kappa shape index (κ3) is 4.80. The minimum absolute atomic E-state index is 0.0830. The van der Waals surface area contributed by atoms with Crippen LogP contribution in [-0.2, 0) is 9.84 Å². The Hall–Kier alpha value is -1.44. The van der Waals surface area contributed by atoms with E-state index in [2.05, 4.69) is 17.0 Å². The lowest BCUT2D eigenvalue weighted by Crippen LogP contribution is -2.36. The molecule has 21 heavy (non-hydrogen) atoms. The number of aromatic nitrogens is 3. The van der Waals surface area contributed by atoms with Crippen molar-refractivity contribution in [3.05, 3.63) is 6.33 Å². The molecule has 0 saturated carbocycles. The van der Waals surface area contributed by atoms with E-state index in [-0.39, 0.29) is 16.9 Å². The van der Waals surface area contributed by atoms with Crippen LogP contribution in [0.3, 0.4) is 0 Å². The number of amides is 1. The molecule has 0 N–H and O–H groups in total. The van der Waals surface area contributed by atoms with Gasteiger partial charge in [-0.3, -0.25) is 0 Å². The van der Waals surface area contributed by atoms with E-state index in [1.807, 2.05) is 6.92 Å². The number of nitrogens with zero attached hydrogens (tertiary/aromatic N) is 4. The molecule has 0 fully saturated rings. The molecule has 0 atom stereocenters. The van der Waals surface area contributed by atoms with Crippen LogP contribution in [0.15, 0.2) is 11.5 Å². The third-order valence-corrected chi connectivity index (χ3v) is 4.62. The lowest BCUT2D eigenvalue weighted by Gasteiger charge is -2.21. The van der Waals surface area contributed by atoms with E-state index >= 15 is 0 Å². The van der Waals surface area contributed by atoms with Gasteiger partial charge >= 0.3 is 6.03 Å². The molecule has 0 radical (unpaired) electrons. The van der Waals surface area contributed by atoms with Crippen LogP contribution in [-0.4, -0.2) is 53.0 Å². The van der Waals surface area contributed by atoms with E-state index in [0.29, 0.717) is 13.1 Å². The standard InChI is InChI=1S/C13H24N4O3S/c1-4-7-8-10-16(9-5-2)13(18)17-11-14-12(15-17)21(19,20)6-3/h11H,4-10H2,1-3H3. The second kappa shape index (κ2) is 8.11. The molecule has 0 aromatic carbocycles. The zero-order valence-electron chi connectivity index (χ0n) is 12.9. The van der Waals surface area contributed by atoms with Gasteiger partial charge in [0.2, 0.25) is 9.84 Å². The number of rotatable bonds is 8. The van der Waals surface area contributed by atoms with Crippen molar-refractivity contribution in [2.45, 2.75) is 51.6 Å². The molecule has 8 heteroatoms. The van der Waals surface area contributed by atoms with E-state index in [4.69, 9.17) is 0 Å². The van der Waals surface area contributed by atoms with Crippen molar-refractivity contribution >= 4 is 15.9 Å². The zero-order chi connectivity index (χ0) is 15.9. The molecule has 0 aliphatic heterocycles. The van der Waals surface area contributed by atoms with E-state index in [1.165, 1.54) is 13.3 Å². The summed E-state index contributed by atoms with van der Waals surface area (Å²) in [6, 6.07) is -0.321. The number of hydrogen-bond donors (Lipinski definition) is 0. The van der Waals surface area contributed by atoms with Crippen molar-refractivity contribution in [2.75, 3.05) is 18.8 Å². The number of hydrogen-bond acceptors (Lipinski definition) is 5. The van der Waals surface area contributed by atoms with Gasteiger partial charge in [0, 0.05) is 13.1 Å². The molecule has 1 aromatic rings. The highest BCUT2D eigenvalue weighted by molar-refractivity contribution is 7.91. The van der Waals surface area contributed by atoms with Crippen LogP contribution in [0.5, 0.6) is 0 Å². The predicted molar refractivity (Wildman–Crippen MR) is 79.9 cm³/mol. The van der Waals surface area contributed by atoms with E-state index in [9.17, 15) is 13.2 Å². The Kier molecular flexibility index (Phi) is 6.80. The second-order valence-corrected chi connectivity index (χ2v) is 7.02. The minimum Gasteiger partial charge on any atom is -0.323 e. The Morgan fingerprint density at radius 3 is 2.48 bits per heavy atom. The first-order chi connectivity index (χ1) is 9.96. The largest absolute Gasteiger partial charge is 0.346 e. The summed E-state index contributed by atoms with van der Waals surface area (Å²) in [6.07, 6.45) is 5.08. The number of sulfone groups is 1. The highest BCUT2D eigenvalue weighted by atomic mass is 32.2. The van der Waals surface area contributed by atoms with Gasteiger partial charge < -0.3 is 4.90 Å². The summed E-state index contributed by atoms with van der Waals surface area (Å²) in [5.41, 5.74) is 0. The SMILES string of the molecule is CCCCCN(CCC)C(=O)n1cnc(S(=O)(=O)CC)n1. The zero-order valence-corrected chi connectivity index (χ0v) is 13.8. The molecule has 1 rings (SSSR count). The summed E-state index contributed by atoms with van der Waals surface area (Å²) in [5, 5.41) is 3.52. The Morgan fingerprint density at radius 2 is 1.90 bits per heavy atom. The quantitative estimate of drug-likeness (QED) is 0.684. The lowest BCUT2D eigenvalue weighted by atomic mass is 10.2. The molecule has 1 heterocycles. The van der Waals surface area contributed by atoms with E-state index < -0.39 is 9.84 Å². The topological polar surface area (TPSA) is 85.2 Å². The second-order valence-electron chi connectivity index (χ2n) is 4.85. The summed E-state index contributed by atoms with van der Waals surface area (Å²) in [5.74, 6) is -0.0830. The van der Waals surface area contributed by atoms with Crippen molar-refractivity contribution in [3.63, 3.8) is 0 Å². The highest BCUT2D eigenvalue weighted by Crippen LogP contribution is 2.06. The minimum atomic E-state index is -3.48. The first-order valence-electron chi connectivity index (χ1n) is 7.39. The third-order valence-electron chi connectivity index (χ3n) is 3.12. The molecule has 0 unspecified atom stereocenters. The molecule has 0 spiro atoms. The van der Waals surface area contributed by atoms with Crippen molar-refractivity contribution in [3.8, 4) is 0 Å². The van der Waals surface area contributed by atoms with Gasteiger partial charge in [-0.25, -0.2) is 18.2 Å². The first-order valence-corrected chi connectivity index (χ1v) is 9.05. The van der Waals surface area contributed by atoms with Crippen LogP contribution in [0.1, 0.15) is 46.5 Å². The summed E-state index contributed by atoms with van der Waals surface area (Å²) >= 11 is 0. The van der Waals surface area contributed by atoms with Gasteiger partial charge in [-0.05, 0) is 12.8 Å². The van der Waals surface area contributed by atoms with Gasteiger partial charge in [0.25, 0.3) is 5.16 Å². The van der Waals surface area contributed by atoms with Gasteiger partial charge in [0.1, 0.15) is 6.33 Å². The van der Waals surface area contributed by atoms with Gasteiger partial charge in [0.15, 0.2) is 0 Å². The summed E-state index contributed by atoms with van der Waals surface area (Å²) in [6.45, 7) is 6.89. The van der Waals surface area contributed by atoms with E-state index in [0.717, 1.165) is 30.4 Å². The smallest absolute Gasteiger partial charge is 0.323 e. The van der Waals surface area contributed by atoms with Crippen molar-refractivity contribution < 1.29 is 13.2 Å². The average molecular weight is 316 g/mol. The summed E-state index contributed by atoms with van der Waals surface area (Å²) in [4.78, 5) is 17.8. The van der Waals surface area contributed by atoms with Crippen molar-refractivity contribution in [2.24, 2.45) is 0 Å². The van der Waals surface area contributed by atoms with Gasteiger partial charge in [-0.2, -0.15) is 4.68 Å². The molecule has 7 nitrogen and oxygen atoms in total. The van der Waals surface area contributed by atoms with Gasteiger partial charge in [-0.15, -0.1) is 5.10 Å². The van der Waals surface area contributed by atoms with E-state index in [1.54, 1.807) is 4.90 Å². The Morgan fingerprint density at radius 1 is 1.19 bits per heavy atom. The molecule has 1 amide bonds. The monoisotopic (exact) mass is 316 g/mol. The number of carbonyl (C=O) groups is 1. The molecule has 0 aliphatic carbocycles. The maximum Gasteiger partial charge on any atom is 0.346 e. The fourth-order valence-corrected chi connectivity index (χ4v) is 2.56. The highest BCUT2D eigenvalue weighted by Gasteiger charge is 2.21. The van der Waals surface area contributed by atoms with Crippen molar-refractivity contribution in [1.29, 1.82) is 0 Å². The summed E-state index contributed by atoms with van der Waals surface area (Å²) < 4.78 is 24.4. The fourth-order valence-electron chi connectivity index (χ4n) is 1.88. The number of carbonyl (C=O) groups excluding carboxylic acids is 1. The molecular weight excluding hydrogens is 292 g/mol. The molecule has 0 saturated heterocycles. The van der Waals surface area contributed by atoms with Crippen LogP contribution in [0.2, 0.25) is 0 Å². The first kappa shape index (κ1) is 17.6. The van der Waals surface area contributed by atoms with Crippen LogP contribution in [0.25, 0.3) is 0 Å². The van der Waals surface area contributed by atoms with Gasteiger partial charge in [0.05, 0.1) is 5.75 Å². The lowest BCUT2D eigenvalue weighted by molar-refractivity contribution is 0.194. The van der Waals surface area contributed by atoms with Crippen LogP contribution in [0, 0.1) is 0 Å². The Bertz CT molecular complexity index is 554. The molecule has 0 bridgehead atoms. The normalized spacial score (nSPS) is 11.6. The maximum atomic E-state index is 12.3. The average Bonchev–Trinajstić information content (AvgIpc) is 2.96. The molecular formula is C13H24N4O3S. The van der Waals surface area contributed by atoms with Crippen LogP contribution >= 0.6 is 0 Å². The van der Waals surface area contributed by atoms with Gasteiger partial charge in [-0.1, -0.05) is 33.6 Å². The Balaban J connectivity index is 2.84. The fraction of sp³-hybridized carbons (Fsp3) is 0.769. The maximum absolute atomic E-state index is 12.3. The summed E-state index contributed by atoms with van der Waals surface area (Å²) in [7, 11) is -3.48. The van der Waals surface area contributed by atoms with Crippen LogP contribution in [0.4, 0.5) is 4.79 Å². The van der Waals surface area contributed by atoms with Crippen molar-refractivity contribution in [1.82, 2.24) is 19.7 Å². The number of unbranched alkanes of at least 4 members (excludes halogenated alkanes) is 2. The molecule has 120 valence electrons. The molecule has 0 aliphatic rings. The van der Waals surface area contributed by atoms with Crippen LogP contribution < -0.4 is 0 Å². The predicted octanol–water partition coefficient (Wildman–Crippen LogP) is 1.94. The molecule has 1 aromatic heterocycles.